The molecule has 0 unspecified atom stereocenters. The highest BCUT2D eigenvalue weighted by molar-refractivity contribution is 6.04. The minimum atomic E-state index is -0.315. The molecule has 0 bridgehead atoms. The Hall–Kier alpha value is -3.45. The van der Waals surface area contributed by atoms with Crippen molar-refractivity contribution in [3.05, 3.63) is 89.6 Å². The number of halogens is 1. The van der Waals surface area contributed by atoms with E-state index in [0.717, 1.165) is 5.56 Å². The van der Waals surface area contributed by atoms with Gasteiger partial charge in [-0.2, -0.15) is 0 Å². The average Bonchev–Trinajstić information content (AvgIpc) is 3.25. The molecule has 0 spiro atoms. The van der Waals surface area contributed by atoms with E-state index >= 15 is 0 Å². The SMILES string of the molecule is C[C@@H](NCC(=O)Nc1ccccc1C(=O)NCc1ccco1)c1ccc(F)cc1. The van der Waals surface area contributed by atoms with Gasteiger partial charge < -0.3 is 20.4 Å². The van der Waals surface area contributed by atoms with Gasteiger partial charge in [-0.3, -0.25) is 9.59 Å². The maximum absolute atomic E-state index is 13.0. The number of carbonyl (C=O) groups is 2. The fraction of sp³-hybridized carbons (Fsp3) is 0.182. The van der Waals surface area contributed by atoms with E-state index in [9.17, 15) is 14.0 Å². The summed E-state index contributed by atoms with van der Waals surface area (Å²) in [6.07, 6.45) is 1.54. The molecule has 3 N–H and O–H groups in total. The zero-order valence-electron chi connectivity index (χ0n) is 15.9. The Morgan fingerprint density at radius 1 is 1.03 bits per heavy atom. The van der Waals surface area contributed by atoms with E-state index in [-0.39, 0.29) is 36.8 Å². The van der Waals surface area contributed by atoms with Crippen molar-refractivity contribution in [2.75, 3.05) is 11.9 Å². The first kappa shape index (κ1) is 20.3. The average molecular weight is 395 g/mol. The van der Waals surface area contributed by atoms with Crippen LogP contribution in [0.5, 0.6) is 0 Å². The molecule has 0 fully saturated rings. The Morgan fingerprint density at radius 2 is 1.79 bits per heavy atom. The minimum Gasteiger partial charge on any atom is -0.467 e. The van der Waals surface area contributed by atoms with Crippen molar-refractivity contribution in [2.45, 2.75) is 19.5 Å². The van der Waals surface area contributed by atoms with Gasteiger partial charge in [0.15, 0.2) is 0 Å². The molecule has 29 heavy (non-hydrogen) atoms. The molecular weight excluding hydrogens is 373 g/mol. The molecule has 0 saturated heterocycles. The molecule has 0 aliphatic carbocycles. The molecule has 1 aromatic heterocycles. The number of furan rings is 1. The quantitative estimate of drug-likeness (QED) is 0.544. The summed E-state index contributed by atoms with van der Waals surface area (Å²) >= 11 is 0. The van der Waals surface area contributed by atoms with Gasteiger partial charge in [-0.05, 0) is 48.9 Å². The van der Waals surface area contributed by atoms with Gasteiger partial charge in [0, 0.05) is 6.04 Å². The summed E-state index contributed by atoms with van der Waals surface area (Å²) in [5.41, 5.74) is 1.65. The van der Waals surface area contributed by atoms with Crippen molar-refractivity contribution < 1.29 is 18.4 Å². The van der Waals surface area contributed by atoms with E-state index in [1.165, 1.54) is 18.4 Å². The molecule has 0 saturated carbocycles. The van der Waals surface area contributed by atoms with Crippen molar-refractivity contribution in [3.8, 4) is 0 Å². The molecule has 0 aliphatic rings. The van der Waals surface area contributed by atoms with Crippen LogP contribution in [0.3, 0.4) is 0 Å². The smallest absolute Gasteiger partial charge is 0.253 e. The van der Waals surface area contributed by atoms with Crippen LogP contribution < -0.4 is 16.0 Å². The molecule has 1 heterocycles. The number of carbonyl (C=O) groups excluding carboxylic acids is 2. The van der Waals surface area contributed by atoms with Crippen LogP contribution in [0.1, 0.15) is 34.6 Å². The monoisotopic (exact) mass is 395 g/mol. The maximum atomic E-state index is 13.0. The second-order valence-corrected chi connectivity index (χ2v) is 6.51. The van der Waals surface area contributed by atoms with Crippen LogP contribution in [0.25, 0.3) is 0 Å². The third kappa shape index (κ3) is 5.76. The predicted octanol–water partition coefficient (Wildman–Crippen LogP) is 3.64. The van der Waals surface area contributed by atoms with Crippen molar-refractivity contribution >= 4 is 17.5 Å². The molecule has 3 aromatic rings. The van der Waals surface area contributed by atoms with Crippen LogP contribution in [0.4, 0.5) is 10.1 Å². The van der Waals surface area contributed by atoms with Crippen LogP contribution in [-0.4, -0.2) is 18.4 Å². The molecule has 2 aromatic carbocycles. The van der Waals surface area contributed by atoms with Crippen LogP contribution >= 0.6 is 0 Å². The Kier molecular flexibility index (Phi) is 6.76. The van der Waals surface area contributed by atoms with Crippen LogP contribution in [0.2, 0.25) is 0 Å². The van der Waals surface area contributed by atoms with Gasteiger partial charge in [-0.15, -0.1) is 0 Å². The first-order chi connectivity index (χ1) is 14.0. The normalized spacial score (nSPS) is 11.7. The highest BCUT2D eigenvalue weighted by Crippen LogP contribution is 2.16. The Bertz CT molecular complexity index is 956. The van der Waals surface area contributed by atoms with Gasteiger partial charge in [0.2, 0.25) is 5.91 Å². The summed E-state index contributed by atoms with van der Waals surface area (Å²) in [6, 6.07) is 16.3. The fourth-order valence-electron chi connectivity index (χ4n) is 2.78. The first-order valence-electron chi connectivity index (χ1n) is 9.21. The van der Waals surface area contributed by atoms with E-state index in [2.05, 4.69) is 16.0 Å². The summed E-state index contributed by atoms with van der Waals surface area (Å²) in [7, 11) is 0. The lowest BCUT2D eigenvalue weighted by Gasteiger charge is -2.15. The van der Waals surface area contributed by atoms with E-state index in [0.29, 0.717) is 17.0 Å². The van der Waals surface area contributed by atoms with E-state index in [4.69, 9.17) is 4.42 Å². The third-order valence-corrected chi connectivity index (χ3v) is 4.39. The molecular formula is C22H22FN3O3. The molecule has 0 radical (unpaired) electrons. The van der Waals surface area contributed by atoms with Crippen LogP contribution in [-0.2, 0) is 11.3 Å². The van der Waals surface area contributed by atoms with Gasteiger partial charge in [0.1, 0.15) is 11.6 Å². The number of para-hydroxylation sites is 1. The largest absolute Gasteiger partial charge is 0.467 e. The van der Waals surface area contributed by atoms with Crippen molar-refractivity contribution in [2.24, 2.45) is 0 Å². The molecule has 2 amide bonds. The Balaban J connectivity index is 1.56. The highest BCUT2D eigenvalue weighted by atomic mass is 19.1. The molecule has 7 heteroatoms. The van der Waals surface area contributed by atoms with Gasteiger partial charge in [-0.1, -0.05) is 24.3 Å². The molecule has 0 aliphatic heterocycles. The second kappa shape index (κ2) is 9.66. The zero-order valence-corrected chi connectivity index (χ0v) is 15.9. The van der Waals surface area contributed by atoms with E-state index in [1.54, 1.807) is 48.5 Å². The van der Waals surface area contributed by atoms with Crippen LogP contribution in [0.15, 0.2) is 71.3 Å². The topological polar surface area (TPSA) is 83.4 Å². The molecule has 3 rings (SSSR count). The fourth-order valence-corrected chi connectivity index (χ4v) is 2.78. The van der Waals surface area contributed by atoms with Crippen LogP contribution in [0, 0.1) is 5.82 Å². The Morgan fingerprint density at radius 3 is 2.52 bits per heavy atom. The standard InChI is InChI=1S/C22H22FN3O3/c1-15(16-8-10-17(23)11-9-16)24-14-21(27)26-20-7-3-2-6-19(20)22(28)25-13-18-5-4-12-29-18/h2-12,15,24H,13-14H2,1H3,(H,25,28)(H,26,27)/t15-/m1/s1. The summed E-state index contributed by atoms with van der Waals surface area (Å²) in [5.74, 6) is -0.269. The lowest BCUT2D eigenvalue weighted by atomic mass is 10.1. The maximum Gasteiger partial charge on any atom is 0.253 e. The number of anilines is 1. The van der Waals surface area contributed by atoms with Gasteiger partial charge in [0.25, 0.3) is 5.91 Å². The van der Waals surface area contributed by atoms with Gasteiger partial charge in [-0.25, -0.2) is 4.39 Å². The number of benzene rings is 2. The second-order valence-electron chi connectivity index (χ2n) is 6.51. The lowest BCUT2D eigenvalue weighted by molar-refractivity contribution is -0.115. The molecule has 1 atom stereocenters. The summed E-state index contributed by atoms with van der Waals surface area (Å²) in [4.78, 5) is 24.8. The van der Waals surface area contributed by atoms with Crippen molar-refractivity contribution in [3.63, 3.8) is 0 Å². The summed E-state index contributed by atoms with van der Waals surface area (Å²) in [6.45, 7) is 2.18. The first-order valence-corrected chi connectivity index (χ1v) is 9.21. The Labute approximate surface area is 168 Å². The predicted molar refractivity (Wildman–Crippen MR) is 108 cm³/mol. The third-order valence-electron chi connectivity index (χ3n) is 4.39. The van der Waals surface area contributed by atoms with Gasteiger partial charge >= 0.3 is 0 Å². The van der Waals surface area contributed by atoms with Gasteiger partial charge in [0.05, 0.1) is 30.6 Å². The van der Waals surface area contributed by atoms with E-state index in [1.807, 2.05) is 6.92 Å². The number of hydrogen-bond acceptors (Lipinski definition) is 4. The lowest BCUT2D eigenvalue weighted by Crippen LogP contribution is -2.31. The van der Waals surface area contributed by atoms with E-state index < -0.39 is 0 Å². The number of rotatable bonds is 8. The number of amides is 2. The minimum absolute atomic E-state index is 0.0426. The summed E-state index contributed by atoms with van der Waals surface area (Å²) < 4.78 is 18.2. The molecule has 150 valence electrons. The number of hydrogen-bond donors (Lipinski definition) is 3. The highest BCUT2D eigenvalue weighted by Gasteiger charge is 2.14. The molecule has 6 nitrogen and oxygen atoms in total. The van der Waals surface area contributed by atoms with Crippen molar-refractivity contribution in [1.82, 2.24) is 10.6 Å². The van der Waals surface area contributed by atoms with Crippen molar-refractivity contribution in [1.29, 1.82) is 0 Å². The summed E-state index contributed by atoms with van der Waals surface area (Å²) in [5, 5.41) is 8.60. The number of nitrogens with one attached hydrogen (secondary N) is 3. The zero-order chi connectivity index (χ0) is 20.6.